The van der Waals surface area contributed by atoms with Gasteiger partial charge in [0.2, 0.25) is 0 Å². The minimum atomic E-state index is -1.02. The van der Waals surface area contributed by atoms with Crippen LogP contribution < -0.4 is 0 Å². The molecule has 1 atom stereocenters. The maximum Gasteiger partial charge on any atom is 0.285 e. The summed E-state index contributed by atoms with van der Waals surface area (Å²) < 4.78 is 21.8. The first-order chi connectivity index (χ1) is 9.67. The van der Waals surface area contributed by atoms with Crippen molar-refractivity contribution in [3.63, 3.8) is 0 Å². The smallest absolute Gasteiger partial charge is 0.285 e. The van der Waals surface area contributed by atoms with Crippen LogP contribution in [0.4, 0.5) is 0 Å². The van der Waals surface area contributed by atoms with Crippen LogP contribution in [-0.2, 0) is 18.9 Å². The van der Waals surface area contributed by atoms with Crippen molar-refractivity contribution in [1.29, 1.82) is 0 Å². The fourth-order valence-corrected chi connectivity index (χ4v) is 2.16. The molecule has 0 aliphatic carbocycles. The Morgan fingerprint density at radius 3 is 2.05 bits per heavy atom. The molecule has 0 fully saturated rings. The Balaban J connectivity index is 4.31. The molecule has 0 heterocycles. The van der Waals surface area contributed by atoms with E-state index in [9.17, 15) is 0 Å². The van der Waals surface area contributed by atoms with Crippen molar-refractivity contribution in [1.82, 2.24) is 0 Å². The third-order valence-corrected chi connectivity index (χ3v) is 3.45. The summed E-state index contributed by atoms with van der Waals surface area (Å²) in [5, 5.41) is 0. The van der Waals surface area contributed by atoms with E-state index in [1.165, 1.54) is 25.7 Å². The molecule has 0 aliphatic heterocycles. The van der Waals surface area contributed by atoms with E-state index >= 15 is 0 Å². The molecule has 120 valence electrons. The topological polar surface area (TPSA) is 36.9 Å². The van der Waals surface area contributed by atoms with Gasteiger partial charge in [0.05, 0.1) is 12.7 Å². The predicted octanol–water partition coefficient (Wildman–Crippen LogP) is 4.25. The first-order valence-electron chi connectivity index (χ1n) is 7.60. The van der Waals surface area contributed by atoms with Gasteiger partial charge in [0.1, 0.15) is 6.10 Å². The van der Waals surface area contributed by atoms with Gasteiger partial charge in [-0.05, 0) is 19.8 Å². The number of ether oxygens (including phenoxy) is 4. The van der Waals surface area contributed by atoms with Crippen LogP contribution in [-0.4, -0.2) is 33.4 Å². The van der Waals surface area contributed by atoms with Gasteiger partial charge in [-0.15, -0.1) is 0 Å². The van der Waals surface area contributed by atoms with Crippen LogP contribution in [0.1, 0.15) is 58.8 Å². The fraction of sp³-hybridized carbons (Fsp3) is 0.875. The first kappa shape index (κ1) is 19.4. The van der Waals surface area contributed by atoms with E-state index in [0.717, 1.165) is 12.8 Å². The summed E-state index contributed by atoms with van der Waals surface area (Å²) in [5.74, 6) is -1.02. The quantitative estimate of drug-likeness (QED) is 0.288. The monoisotopic (exact) mass is 288 g/mol. The van der Waals surface area contributed by atoms with Gasteiger partial charge < -0.3 is 18.9 Å². The van der Waals surface area contributed by atoms with Crippen molar-refractivity contribution in [2.24, 2.45) is 0 Å². The molecule has 0 aromatic carbocycles. The predicted molar refractivity (Wildman–Crippen MR) is 81.4 cm³/mol. The molecule has 0 spiro atoms. The van der Waals surface area contributed by atoms with Crippen LogP contribution >= 0.6 is 0 Å². The summed E-state index contributed by atoms with van der Waals surface area (Å²) in [5.41, 5.74) is 0. The number of hydrogen-bond acceptors (Lipinski definition) is 4. The normalized spacial score (nSPS) is 13.8. The summed E-state index contributed by atoms with van der Waals surface area (Å²) in [6.45, 7) is 4.16. The minimum absolute atomic E-state index is 0.0349. The second-order valence-corrected chi connectivity index (χ2v) is 4.93. The summed E-state index contributed by atoms with van der Waals surface area (Å²) in [6, 6.07) is 0. The molecule has 0 aromatic heterocycles. The maximum absolute atomic E-state index is 5.74. The highest BCUT2D eigenvalue weighted by atomic mass is 16.9. The molecule has 0 amide bonds. The van der Waals surface area contributed by atoms with Crippen molar-refractivity contribution >= 4 is 0 Å². The second kappa shape index (κ2) is 12.2. The number of hydrogen-bond donors (Lipinski definition) is 0. The molecule has 0 bridgehead atoms. The average molecular weight is 288 g/mol. The molecule has 0 aromatic rings. The molecule has 0 N–H and O–H groups in total. The van der Waals surface area contributed by atoms with Gasteiger partial charge in [0.25, 0.3) is 5.97 Å². The van der Waals surface area contributed by atoms with Crippen LogP contribution in [0, 0.1) is 0 Å². The Morgan fingerprint density at radius 2 is 1.55 bits per heavy atom. The van der Waals surface area contributed by atoms with Crippen LogP contribution in [0.3, 0.4) is 0 Å². The van der Waals surface area contributed by atoms with Crippen molar-refractivity contribution in [3.8, 4) is 0 Å². The lowest BCUT2D eigenvalue weighted by Gasteiger charge is -2.32. The zero-order valence-electron chi connectivity index (χ0n) is 13.8. The van der Waals surface area contributed by atoms with Crippen LogP contribution in [0.2, 0.25) is 0 Å². The largest absolute Gasteiger partial charge is 0.498 e. The SMILES string of the molecule is CC=COC(CCCCCCC)CC(OC)(OC)OC. The van der Waals surface area contributed by atoms with Crippen molar-refractivity contribution in [2.75, 3.05) is 21.3 Å². The average Bonchev–Trinajstić information content (AvgIpc) is 2.49. The van der Waals surface area contributed by atoms with Crippen LogP contribution in [0.5, 0.6) is 0 Å². The zero-order valence-corrected chi connectivity index (χ0v) is 13.8. The van der Waals surface area contributed by atoms with E-state index in [-0.39, 0.29) is 6.10 Å². The lowest BCUT2D eigenvalue weighted by molar-refractivity contribution is -0.361. The van der Waals surface area contributed by atoms with Gasteiger partial charge in [-0.25, -0.2) is 0 Å². The standard InChI is InChI=1S/C16H32O4/c1-6-8-9-10-11-12-15(20-13-7-2)14-16(17-3,18-4)19-5/h7,13,15H,6,8-12,14H2,1-5H3. The van der Waals surface area contributed by atoms with E-state index in [0.29, 0.717) is 6.42 Å². The fourth-order valence-electron chi connectivity index (χ4n) is 2.16. The molecule has 0 saturated heterocycles. The van der Waals surface area contributed by atoms with Crippen molar-refractivity contribution < 1.29 is 18.9 Å². The molecular weight excluding hydrogens is 256 g/mol. The second-order valence-electron chi connectivity index (χ2n) is 4.93. The Hall–Kier alpha value is -0.580. The minimum Gasteiger partial charge on any atom is -0.498 e. The van der Waals surface area contributed by atoms with E-state index in [4.69, 9.17) is 18.9 Å². The summed E-state index contributed by atoms with van der Waals surface area (Å²) in [6.07, 6.45) is 11.4. The highest BCUT2D eigenvalue weighted by molar-refractivity contribution is 4.73. The van der Waals surface area contributed by atoms with E-state index in [2.05, 4.69) is 6.92 Å². The van der Waals surface area contributed by atoms with Gasteiger partial charge in [-0.3, -0.25) is 0 Å². The molecule has 20 heavy (non-hydrogen) atoms. The number of methoxy groups -OCH3 is 3. The molecule has 4 heteroatoms. The number of rotatable bonds is 13. The summed E-state index contributed by atoms with van der Waals surface area (Å²) >= 11 is 0. The molecule has 0 rings (SSSR count). The Kier molecular flexibility index (Phi) is 11.8. The van der Waals surface area contributed by atoms with Gasteiger partial charge in [0, 0.05) is 21.3 Å². The number of allylic oxidation sites excluding steroid dienone is 1. The van der Waals surface area contributed by atoms with Crippen LogP contribution in [0.25, 0.3) is 0 Å². The Bertz CT molecular complexity index is 228. The summed E-state index contributed by atoms with van der Waals surface area (Å²) in [7, 11) is 4.75. The molecule has 1 unspecified atom stereocenters. The van der Waals surface area contributed by atoms with E-state index < -0.39 is 5.97 Å². The molecular formula is C16H32O4. The van der Waals surface area contributed by atoms with Gasteiger partial charge >= 0.3 is 0 Å². The van der Waals surface area contributed by atoms with Gasteiger partial charge in [-0.2, -0.15) is 0 Å². The summed E-state index contributed by atoms with van der Waals surface area (Å²) in [4.78, 5) is 0. The molecule has 0 aliphatic rings. The highest BCUT2D eigenvalue weighted by Crippen LogP contribution is 2.24. The lowest BCUT2D eigenvalue weighted by Crippen LogP contribution is -2.40. The van der Waals surface area contributed by atoms with Crippen LogP contribution in [0.15, 0.2) is 12.3 Å². The zero-order chi connectivity index (χ0) is 15.3. The number of unbranched alkanes of at least 4 members (excludes halogenated alkanes) is 4. The lowest BCUT2D eigenvalue weighted by atomic mass is 10.0. The maximum atomic E-state index is 5.74. The Morgan fingerprint density at radius 1 is 0.950 bits per heavy atom. The van der Waals surface area contributed by atoms with Crippen molar-refractivity contribution in [2.45, 2.75) is 70.9 Å². The van der Waals surface area contributed by atoms with Gasteiger partial charge in [0.15, 0.2) is 0 Å². The molecule has 0 radical (unpaired) electrons. The molecule has 0 saturated carbocycles. The Labute approximate surface area is 124 Å². The van der Waals surface area contributed by atoms with Crippen molar-refractivity contribution in [3.05, 3.63) is 12.3 Å². The first-order valence-corrected chi connectivity index (χ1v) is 7.60. The third-order valence-electron chi connectivity index (χ3n) is 3.45. The van der Waals surface area contributed by atoms with E-state index in [1.807, 2.05) is 13.0 Å². The highest BCUT2D eigenvalue weighted by Gasteiger charge is 2.33. The van der Waals surface area contributed by atoms with Gasteiger partial charge in [-0.1, -0.05) is 38.7 Å². The third kappa shape index (κ3) is 7.88. The molecule has 4 nitrogen and oxygen atoms in total. The van der Waals surface area contributed by atoms with E-state index in [1.54, 1.807) is 27.6 Å².